The number of alkyl halides is 2. The van der Waals surface area contributed by atoms with Gasteiger partial charge in [-0.2, -0.15) is 5.26 Å². The Balaban J connectivity index is 1.95. The maximum absolute atomic E-state index is 13.2. The van der Waals surface area contributed by atoms with E-state index in [9.17, 15) is 8.78 Å². The van der Waals surface area contributed by atoms with Crippen LogP contribution in [0.5, 0.6) is 11.5 Å². The summed E-state index contributed by atoms with van der Waals surface area (Å²) in [4.78, 5) is 0. The number of rotatable bonds is 1. The molecule has 0 amide bonds. The zero-order valence-electron chi connectivity index (χ0n) is 8.11. The fourth-order valence-corrected chi connectivity index (χ4v) is 2.01. The molecular formula is C11H7F2NO2. The van der Waals surface area contributed by atoms with E-state index < -0.39 is 17.8 Å². The van der Waals surface area contributed by atoms with Crippen LogP contribution >= 0.6 is 0 Å². The number of halogens is 2. The molecular weight excluding hydrogens is 216 g/mol. The topological polar surface area (TPSA) is 42.2 Å². The van der Waals surface area contributed by atoms with Crippen molar-refractivity contribution in [1.29, 1.82) is 5.26 Å². The van der Waals surface area contributed by atoms with E-state index in [4.69, 9.17) is 14.7 Å². The van der Waals surface area contributed by atoms with Crippen LogP contribution in [0, 0.1) is 17.2 Å². The second-order valence-corrected chi connectivity index (χ2v) is 3.87. The van der Waals surface area contributed by atoms with Gasteiger partial charge < -0.3 is 9.47 Å². The first-order valence-corrected chi connectivity index (χ1v) is 4.81. The average Bonchev–Trinajstić information content (AvgIpc) is 2.62. The minimum atomic E-state index is -2.91. The highest BCUT2D eigenvalue weighted by Gasteiger charge is 2.69. The monoisotopic (exact) mass is 223 g/mol. The Kier molecular flexibility index (Phi) is 1.67. The number of benzene rings is 1. The molecule has 1 aliphatic heterocycles. The lowest BCUT2D eigenvalue weighted by Crippen LogP contribution is -1.94. The summed E-state index contributed by atoms with van der Waals surface area (Å²) in [5.74, 6) is -4.11. The molecule has 2 unspecified atom stereocenters. The van der Waals surface area contributed by atoms with Crippen LogP contribution < -0.4 is 9.47 Å². The lowest BCUT2D eigenvalue weighted by Gasteiger charge is -2.00. The zero-order chi connectivity index (χ0) is 11.3. The molecule has 1 aromatic carbocycles. The summed E-state index contributed by atoms with van der Waals surface area (Å²) in [6, 6.07) is 6.31. The minimum absolute atomic E-state index is 0.113. The van der Waals surface area contributed by atoms with E-state index in [1.165, 1.54) is 6.07 Å². The van der Waals surface area contributed by atoms with Gasteiger partial charge in [-0.15, -0.1) is 0 Å². The van der Waals surface area contributed by atoms with Crippen LogP contribution in [-0.2, 0) is 0 Å². The van der Waals surface area contributed by atoms with Crippen molar-refractivity contribution >= 4 is 0 Å². The smallest absolute Gasteiger partial charge is 0.272 e. The number of nitrogens with zero attached hydrogens (tertiary/aromatic N) is 1. The van der Waals surface area contributed by atoms with Gasteiger partial charge in [-0.25, -0.2) is 8.78 Å². The summed E-state index contributed by atoms with van der Waals surface area (Å²) in [5, 5.41) is 8.58. The molecule has 1 aromatic rings. The van der Waals surface area contributed by atoms with Crippen molar-refractivity contribution in [1.82, 2.24) is 0 Å². The van der Waals surface area contributed by atoms with Crippen molar-refractivity contribution in [2.24, 2.45) is 5.92 Å². The second kappa shape index (κ2) is 2.85. The Morgan fingerprint density at radius 1 is 1.31 bits per heavy atom. The third-order valence-corrected chi connectivity index (χ3v) is 2.95. The van der Waals surface area contributed by atoms with Gasteiger partial charge in [0.2, 0.25) is 6.79 Å². The highest BCUT2D eigenvalue weighted by molar-refractivity contribution is 5.48. The van der Waals surface area contributed by atoms with Crippen molar-refractivity contribution in [2.75, 3.05) is 6.79 Å². The standard InChI is InChI=1S/C11H7F2NO2/c12-11(13)7(4-14)10(11)6-1-2-8-9(3-6)16-5-15-8/h1-3,7,10H,5H2. The van der Waals surface area contributed by atoms with Gasteiger partial charge in [0.05, 0.1) is 12.0 Å². The third kappa shape index (κ3) is 1.10. The normalized spacial score (nSPS) is 28.6. The number of fused-ring (bicyclic) bond motifs is 1. The van der Waals surface area contributed by atoms with Crippen LogP contribution in [0.4, 0.5) is 8.78 Å². The van der Waals surface area contributed by atoms with Gasteiger partial charge in [0.1, 0.15) is 5.92 Å². The third-order valence-electron chi connectivity index (χ3n) is 2.95. The Morgan fingerprint density at radius 3 is 2.75 bits per heavy atom. The maximum atomic E-state index is 13.2. The molecule has 0 aromatic heterocycles. The van der Waals surface area contributed by atoms with E-state index in [0.29, 0.717) is 17.1 Å². The summed E-state index contributed by atoms with van der Waals surface area (Å²) < 4.78 is 36.6. The Hall–Kier alpha value is -1.83. The van der Waals surface area contributed by atoms with Gasteiger partial charge in [0, 0.05) is 0 Å². The van der Waals surface area contributed by atoms with Crippen molar-refractivity contribution in [3.05, 3.63) is 23.8 Å². The lowest BCUT2D eigenvalue weighted by molar-refractivity contribution is 0.102. The van der Waals surface area contributed by atoms with Gasteiger partial charge in [-0.05, 0) is 17.7 Å². The molecule has 5 heteroatoms. The average molecular weight is 223 g/mol. The molecule has 2 atom stereocenters. The summed E-state index contributed by atoms with van der Waals surface area (Å²) in [7, 11) is 0. The minimum Gasteiger partial charge on any atom is -0.454 e. The first kappa shape index (κ1) is 9.40. The summed E-state index contributed by atoms with van der Waals surface area (Å²) in [6.07, 6.45) is 0. The fraction of sp³-hybridized carbons (Fsp3) is 0.364. The fourth-order valence-electron chi connectivity index (χ4n) is 2.01. The molecule has 0 bridgehead atoms. The second-order valence-electron chi connectivity index (χ2n) is 3.87. The van der Waals surface area contributed by atoms with Crippen LogP contribution in [0.25, 0.3) is 0 Å². The molecule has 0 spiro atoms. The zero-order valence-corrected chi connectivity index (χ0v) is 8.11. The molecule has 3 nitrogen and oxygen atoms in total. The molecule has 1 heterocycles. The van der Waals surface area contributed by atoms with Crippen LogP contribution in [0.2, 0.25) is 0 Å². The Labute approximate surface area is 90.2 Å². The van der Waals surface area contributed by atoms with Crippen molar-refractivity contribution in [2.45, 2.75) is 11.8 Å². The first-order chi connectivity index (χ1) is 7.64. The van der Waals surface area contributed by atoms with Crippen LogP contribution in [0.1, 0.15) is 11.5 Å². The Morgan fingerprint density at radius 2 is 2.06 bits per heavy atom. The molecule has 0 N–H and O–H groups in total. The van der Waals surface area contributed by atoms with E-state index >= 15 is 0 Å². The molecule has 0 radical (unpaired) electrons. The van der Waals surface area contributed by atoms with E-state index in [1.54, 1.807) is 18.2 Å². The maximum Gasteiger partial charge on any atom is 0.272 e. The molecule has 1 aliphatic carbocycles. The predicted molar refractivity (Wildman–Crippen MR) is 49.4 cm³/mol. The molecule has 1 saturated carbocycles. The highest BCUT2D eigenvalue weighted by Crippen LogP contribution is 2.61. The summed E-state index contributed by atoms with van der Waals surface area (Å²) >= 11 is 0. The predicted octanol–water partition coefficient (Wildman–Crippen LogP) is 2.29. The summed E-state index contributed by atoms with van der Waals surface area (Å²) in [5.41, 5.74) is 0.431. The van der Waals surface area contributed by atoms with Crippen molar-refractivity contribution < 1.29 is 18.3 Å². The molecule has 1 fully saturated rings. The molecule has 82 valence electrons. The van der Waals surface area contributed by atoms with E-state index in [0.717, 1.165) is 0 Å². The number of ether oxygens (including phenoxy) is 2. The summed E-state index contributed by atoms with van der Waals surface area (Å²) in [6.45, 7) is 0.113. The quantitative estimate of drug-likeness (QED) is 0.733. The van der Waals surface area contributed by atoms with Crippen LogP contribution in [-0.4, -0.2) is 12.7 Å². The molecule has 0 saturated heterocycles. The van der Waals surface area contributed by atoms with Gasteiger partial charge >= 0.3 is 0 Å². The van der Waals surface area contributed by atoms with Gasteiger partial charge in [0.25, 0.3) is 5.92 Å². The van der Waals surface area contributed by atoms with E-state index in [-0.39, 0.29) is 6.79 Å². The molecule has 16 heavy (non-hydrogen) atoms. The number of hydrogen-bond donors (Lipinski definition) is 0. The van der Waals surface area contributed by atoms with Crippen LogP contribution in [0.3, 0.4) is 0 Å². The van der Waals surface area contributed by atoms with Crippen LogP contribution in [0.15, 0.2) is 18.2 Å². The lowest BCUT2D eigenvalue weighted by atomic mass is 10.1. The molecule has 2 aliphatic rings. The van der Waals surface area contributed by atoms with Gasteiger partial charge in [0.15, 0.2) is 11.5 Å². The molecule has 3 rings (SSSR count). The van der Waals surface area contributed by atoms with Gasteiger partial charge in [-0.3, -0.25) is 0 Å². The highest BCUT2D eigenvalue weighted by atomic mass is 19.3. The van der Waals surface area contributed by atoms with E-state index in [1.807, 2.05) is 0 Å². The number of hydrogen-bond acceptors (Lipinski definition) is 3. The van der Waals surface area contributed by atoms with E-state index in [2.05, 4.69) is 0 Å². The van der Waals surface area contributed by atoms with Gasteiger partial charge in [-0.1, -0.05) is 6.07 Å². The largest absolute Gasteiger partial charge is 0.454 e. The first-order valence-electron chi connectivity index (χ1n) is 4.81. The van der Waals surface area contributed by atoms with Crippen molar-refractivity contribution in [3.63, 3.8) is 0 Å². The SMILES string of the molecule is N#CC1C(c2ccc3c(c2)OCO3)C1(F)F. The Bertz CT molecular complexity index is 495. The van der Waals surface area contributed by atoms with Crippen molar-refractivity contribution in [3.8, 4) is 17.6 Å². The number of nitriles is 1.